The monoisotopic (exact) mass is 309 g/mol. The Kier molecular flexibility index (Phi) is 4.04. The third kappa shape index (κ3) is 3.07. The number of rotatable bonds is 4. The SMILES string of the molecule is CCCN=C1NC(=O)C(C)(c2ccc(S(C)(=O)=O)cc2)N1. The van der Waals surface area contributed by atoms with Crippen LogP contribution < -0.4 is 10.6 Å². The van der Waals surface area contributed by atoms with E-state index < -0.39 is 15.4 Å². The summed E-state index contributed by atoms with van der Waals surface area (Å²) in [5, 5.41) is 5.77. The van der Waals surface area contributed by atoms with Crippen LogP contribution in [-0.4, -0.2) is 33.1 Å². The third-order valence-corrected chi connectivity index (χ3v) is 4.54. The highest BCUT2D eigenvalue weighted by atomic mass is 32.2. The van der Waals surface area contributed by atoms with Gasteiger partial charge in [-0.15, -0.1) is 0 Å². The summed E-state index contributed by atoms with van der Waals surface area (Å²) in [6.45, 7) is 4.38. The molecule has 0 spiro atoms. The highest BCUT2D eigenvalue weighted by Crippen LogP contribution is 2.25. The molecule has 6 nitrogen and oxygen atoms in total. The minimum atomic E-state index is -3.24. The largest absolute Gasteiger partial charge is 0.338 e. The fraction of sp³-hybridized carbons (Fsp3) is 0.429. The molecule has 0 radical (unpaired) electrons. The molecule has 1 saturated heterocycles. The van der Waals surface area contributed by atoms with E-state index >= 15 is 0 Å². The third-order valence-electron chi connectivity index (χ3n) is 3.41. The summed E-state index contributed by atoms with van der Waals surface area (Å²) < 4.78 is 22.9. The van der Waals surface area contributed by atoms with E-state index in [0.717, 1.165) is 12.7 Å². The minimum Gasteiger partial charge on any atom is -0.338 e. The number of nitrogens with one attached hydrogen (secondary N) is 2. The van der Waals surface area contributed by atoms with E-state index in [1.807, 2.05) is 6.92 Å². The van der Waals surface area contributed by atoms with Crippen LogP contribution in [0.25, 0.3) is 0 Å². The number of aliphatic imine (C=N–C) groups is 1. The van der Waals surface area contributed by atoms with Crippen molar-refractivity contribution in [3.05, 3.63) is 29.8 Å². The molecule has 1 aliphatic rings. The summed E-state index contributed by atoms with van der Waals surface area (Å²) in [4.78, 5) is 16.7. The van der Waals surface area contributed by atoms with Crippen molar-refractivity contribution in [2.45, 2.75) is 30.7 Å². The Morgan fingerprint density at radius 1 is 1.24 bits per heavy atom. The van der Waals surface area contributed by atoms with Gasteiger partial charge in [0.15, 0.2) is 15.8 Å². The molecule has 0 aromatic heterocycles. The topological polar surface area (TPSA) is 87.6 Å². The van der Waals surface area contributed by atoms with Gasteiger partial charge in [0.2, 0.25) is 0 Å². The number of hydrogen-bond donors (Lipinski definition) is 2. The summed E-state index contributed by atoms with van der Waals surface area (Å²) in [5.41, 5.74) is -0.253. The minimum absolute atomic E-state index is 0.204. The fourth-order valence-electron chi connectivity index (χ4n) is 2.10. The van der Waals surface area contributed by atoms with E-state index in [1.54, 1.807) is 19.1 Å². The molecule has 21 heavy (non-hydrogen) atoms. The Morgan fingerprint density at radius 3 is 2.38 bits per heavy atom. The molecule has 1 atom stereocenters. The number of amides is 1. The lowest BCUT2D eigenvalue weighted by atomic mass is 9.92. The van der Waals surface area contributed by atoms with Gasteiger partial charge in [-0.25, -0.2) is 8.42 Å². The smallest absolute Gasteiger partial charge is 0.256 e. The average Bonchev–Trinajstić information content (AvgIpc) is 2.72. The van der Waals surface area contributed by atoms with Crippen LogP contribution in [-0.2, 0) is 20.2 Å². The molecule has 0 saturated carbocycles. The van der Waals surface area contributed by atoms with Gasteiger partial charge in [0.1, 0.15) is 5.54 Å². The molecule has 1 aliphatic heterocycles. The number of nitrogens with zero attached hydrogens (tertiary/aromatic N) is 1. The lowest BCUT2D eigenvalue weighted by molar-refractivity contribution is -0.123. The molecule has 1 amide bonds. The zero-order chi connectivity index (χ0) is 15.7. The van der Waals surface area contributed by atoms with Gasteiger partial charge >= 0.3 is 0 Å². The van der Waals surface area contributed by atoms with E-state index in [4.69, 9.17) is 0 Å². The summed E-state index contributed by atoms with van der Waals surface area (Å²) in [6.07, 6.45) is 2.04. The summed E-state index contributed by atoms with van der Waals surface area (Å²) in [5.74, 6) is 0.251. The Labute approximate surface area is 124 Å². The first-order chi connectivity index (χ1) is 9.77. The van der Waals surface area contributed by atoms with E-state index in [0.29, 0.717) is 18.1 Å². The predicted molar refractivity (Wildman–Crippen MR) is 80.8 cm³/mol. The Bertz CT molecular complexity index is 680. The Balaban J connectivity index is 2.30. The van der Waals surface area contributed by atoms with Gasteiger partial charge in [-0.05, 0) is 31.0 Å². The Morgan fingerprint density at radius 2 is 1.86 bits per heavy atom. The lowest BCUT2D eigenvalue weighted by Crippen LogP contribution is -2.40. The van der Waals surface area contributed by atoms with E-state index in [2.05, 4.69) is 15.6 Å². The number of guanidine groups is 1. The summed E-state index contributed by atoms with van der Waals surface area (Å²) >= 11 is 0. The second-order valence-electron chi connectivity index (χ2n) is 5.23. The van der Waals surface area contributed by atoms with Gasteiger partial charge in [-0.1, -0.05) is 19.1 Å². The zero-order valence-electron chi connectivity index (χ0n) is 12.3. The molecule has 1 aromatic rings. The van der Waals surface area contributed by atoms with Crippen molar-refractivity contribution in [1.29, 1.82) is 0 Å². The van der Waals surface area contributed by atoms with Crippen molar-refractivity contribution >= 4 is 21.7 Å². The molecule has 1 unspecified atom stereocenters. The predicted octanol–water partition coefficient (Wildman–Crippen LogP) is 0.791. The van der Waals surface area contributed by atoms with Crippen LogP contribution in [0, 0.1) is 0 Å². The van der Waals surface area contributed by atoms with Crippen LogP contribution in [0.2, 0.25) is 0 Å². The maximum absolute atomic E-state index is 12.2. The van der Waals surface area contributed by atoms with Crippen molar-refractivity contribution in [3.63, 3.8) is 0 Å². The average molecular weight is 309 g/mol. The maximum atomic E-state index is 12.2. The van der Waals surface area contributed by atoms with Gasteiger partial charge in [0.05, 0.1) is 4.90 Å². The van der Waals surface area contributed by atoms with Crippen molar-refractivity contribution in [1.82, 2.24) is 10.6 Å². The van der Waals surface area contributed by atoms with Crippen molar-refractivity contribution in [3.8, 4) is 0 Å². The second-order valence-corrected chi connectivity index (χ2v) is 7.25. The van der Waals surface area contributed by atoms with Crippen LogP contribution in [0.3, 0.4) is 0 Å². The molecule has 1 fully saturated rings. The van der Waals surface area contributed by atoms with Gasteiger partial charge in [-0.3, -0.25) is 15.1 Å². The molecular formula is C14H19N3O3S. The van der Waals surface area contributed by atoms with Crippen molar-refractivity contribution < 1.29 is 13.2 Å². The molecule has 2 N–H and O–H groups in total. The number of hydrogen-bond acceptors (Lipinski definition) is 4. The first kappa shape index (κ1) is 15.5. The van der Waals surface area contributed by atoms with Gasteiger partial charge in [0, 0.05) is 12.8 Å². The quantitative estimate of drug-likeness (QED) is 0.861. The normalized spacial score (nSPS) is 24.0. The van der Waals surface area contributed by atoms with Crippen molar-refractivity contribution in [2.24, 2.45) is 4.99 Å². The van der Waals surface area contributed by atoms with E-state index in [1.165, 1.54) is 12.1 Å². The van der Waals surface area contributed by atoms with Gasteiger partial charge in [-0.2, -0.15) is 0 Å². The van der Waals surface area contributed by atoms with Crippen LogP contribution in [0.15, 0.2) is 34.2 Å². The summed E-state index contributed by atoms with van der Waals surface area (Å²) in [6, 6.07) is 6.30. The first-order valence-corrected chi connectivity index (χ1v) is 8.61. The fourth-order valence-corrected chi connectivity index (χ4v) is 2.73. The molecule has 0 bridgehead atoms. The molecular weight excluding hydrogens is 290 g/mol. The van der Waals surface area contributed by atoms with Crippen LogP contribution in [0.1, 0.15) is 25.8 Å². The van der Waals surface area contributed by atoms with Gasteiger partial charge in [0.25, 0.3) is 5.91 Å². The zero-order valence-corrected chi connectivity index (χ0v) is 13.1. The van der Waals surface area contributed by atoms with Crippen molar-refractivity contribution in [2.75, 3.05) is 12.8 Å². The molecule has 1 heterocycles. The number of sulfone groups is 1. The molecule has 114 valence electrons. The van der Waals surface area contributed by atoms with Crippen LogP contribution >= 0.6 is 0 Å². The number of benzene rings is 1. The molecule has 7 heteroatoms. The highest BCUT2D eigenvalue weighted by molar-refractivity contribution is 7.90. The van der Waals surface area contributed by atoms with E-state index in [-0.39, 0.29) is 10.8 Å². The lowest BCUT2D eigenvalue weighted by Gasteiger charge is -2.21. The van der Waals surface area contributed by atoms with Crippen LogP contribution in [0.4, 0.5) is 0 Å². The second kappa shape index (κ2) is 5.48. The number of carbonyl (C=O) groups is 1. The number of carbonyl (C=O) groups excluding carboxylic acids is 1. The molecule has 2 rings (SSSR count). The highest BCUT2D eigenvalue weighted by Gasteiger charge is 2.42. The van der Waals surface area contributed by atoms with Crippen LogP contribution in [0.5, 0.6) is 0 Å². The molecule has 1 aromatic carbocycles. The van der Waals surface area contributed by atoms with E-state index in [9.17, 15) is 13.2 Å². The first-order valence-electron chi connectivity index (χ1n) is 6.72. The standard InChI is InChI=1S/C14H19N3O3S/c1-4-9-15-13-16-12(18)14(2,17-13)10-5-7-11(8-6-10)21(3,19)20/h5-8H,4,9H2,1-3H3,(H2,15,16,17,18). The molecule has 0 aliphatic carbocycles. The maximum Gasteiger partial charge on any atom is 0.256 e. The van der Waals surface area contributed by atoms with Gasteiger partial charge < -0.3 is 5.32 Å². The summed E-state index contributed by atoms with van der Waals surface area (Å²) in [7, 11) is -3.24. The Hall–Kier alpha value is -1.89.